The Morgan fingerprint density at radius 3 is 2.31 bits per heavy atom. The number of methoxy groups -OCH3 is 1. The second-order valence-electron chi connectivity index (χ2n) is 14.6. The van der Waals surface area contributed by atoms with Gasteiger partial charge in [-0.2, -0.15) is 5.10 Å². The first-order chi connectivity index (χ1) is 26.4. The number of hydrogen-bond acceptors (Lipinski definition) is 6. The Morgan fingerprint density at radius 2 is 1.64 bits per heavy atom. The number of rotatable bonds is 9. The number of aryl methyl sites for hydroxylation is 6. The highest BCUT2D eigenvalue weighted by Crippen LogP contribution is 2.46. The summed E-state index contributed by atoms with van der Waals surface area (Å²) in [6, 6.07) is 14.0. The third-order valence-electron chi connectivity index (χ3n) is 10.9. The summed E-state index contributed by atoms with van der Waals surface area (Å²) in [6.07, 6.45) is 6.67. The van der Waals surface area contributed by atoms with Crippen LogP contribution in [-0.4, -0.2) is 55.1 Å². The van der Waals surface area contributed by atoms with Crippen molar-refractivity contribution in [2.75, 3.05) is 25.2 Å². The first kappa shape index (κ1) is 36.6. The van der Waals surface area contributed by atoms with Crippen LogP contribution in [0, 0.1) is 27.7 Å². The molecule has 0 saturated carbocycles. The largest absolute Gasteiger partial charge is 0.494 e. The van der Waals surface area contributed by atoms with E-state index in [-0.39, 0.29) is 11.9 Å². The molecule has 282 valence electrons. The predicted octanol–water partition coefficient (Wildman–Crippen LogP) is 9.77. The Balaban J connectivity index is 1.25. The van der Waals surface area contributed by atoms with Gasteiger partial charge in [-0.25, -0.2) is 9.97 Å². The van der Waals surface area contributed by atoms with Crippen LogP contribution in [0.1, 0.15) is 58.0 Å². The van der Waals surface area contributed by atoms with Crippen LogP contribution in [0.5, 0.6) is 11.5 Å². The molecule has 10 nitrogen and oxygen atoms in total. The van der Waals surface area contributed by atoms with E-state index in [9.17, 15) is 0 Å². The second kappa shape index (κ2) is 14.1. The maximum Gasteiger partial charge on any atom is 0.275 e. The number of carbonyl (C=O) groups is 1. The zero-order chi connectivity index (χ0) is 38.9. The van der Waals surface area contributed by atoms with Crippen molar-refractivity contribution in [1.82, 2.24) is 28.9 Å². The molecule has 12 heteroatoms. The summed E-state index contributed by atoms with van der Waals surface area (Å²) in [5.74, 6) is 1.89. The molecule has 1 atom stereocenters. The average molecular weight is 777 g/mol. The summed E-state index contributed by atoms with van der Waals surface area (Å²) in [4.78, 5) is 26.2. The molecule has 0 fully saturated rings. The minimum Gasteiger partial charge on any atom is -0.494 e. The van der Waals surface area contributed by atoms with E-state index in [0.29, 0.717) is 48.3 Å². The highest BCUT2D eigenvalue weighted by molar-refractivity contribution is 6.35. The number of amides is 1. The fourth-order valence-corrected chi connectivity index (χ4v) is 8.59. The lowest BCUT2D eigenvalue weighted by molar-refractivity contribution is 0.0957. The summed E-state index contributed by atoms with van der Waals surface area (Å²) < 4.78 is 17.7. The van der Waals surface area contributed by atoms with Gasteiger partial charge in [-0.05, 0) is 101 Å². The lowest BCUT2D eigenvalue weighted by Gasteiger charge is -2.34. The molecule has 1 amide bonds. The van der Waals surface area contributed by atoms with Gasteiger partial charge in [0.2, 0.25) is 0 Å². The fourth-order valence-electron chi connectivity index (χ4n) is 8.23. The number of nitrogens with zero attached hydrogens (tertiary/aromatic N) is 7. The minimum absolute atomic E-state index is 0.0607. The predicted molar refractivity (Wildman–Crippen MR) is 220 cm³/mol. The SMILES string of the molecule is COc1cnc(-c2ccc3c(c2)c(N2CC(C)n4c(c(CCCOc5cc(C)c(Cl)c(C)c5)c5ccc(Cl)c(-c6c(C)nn(C)c6C)c54)C2=O)cn3C)nc1. The Hall–Kier alpha value is -5.32. The van der Waals surface area contributed by atoms with Gasteiger partial charge in [0.05, 0.1) is 48.0 Å². The van der Waals surface area contributed by atoms with Crippen LogP contribution in [0.25, 0.3) is 44.3 Å². The number of hydrogen-bond donors (Lipinski definition) is 0. The van der Waals surface area contributed by atoms with Crippen molar-refractivity contribution in [2.45, 2.75) is 53.5 Å². The third kappa shape index (κ3) is 6.12. The lowest BCUT2D eigenvalue weighted by atomic mass is 9.98. The minimum atomic E-state index is -0.0851. The molecule has 3 aromatic carbocycles. The number of aromatic nitrogens is 6. The van der Waals surface area contributed by atoms with Crippen LogP contribution in [0.3, 0.4) is 0 Å². The van der Waals surface area contributed by atoms with Gasteiger partial charge in [0, 0.05) is 76.6 Å². The topological polar surface area (TPSA) is 92.2 Å². The first-order valence-corrected chi connectivity index (χ1v) is 19.2. The normalized spacial score (nSPS) is 14.3. The number of halogens is 2. The fraction of sp³-hybridized carbons (Fsp3) is 0.302. The molecule has 1 aliphatic heterocycles. The van der Waals surface area contributed by atoms with E-state index in [1.165, 1.54) is 0 Å². The van der Waals surface area contributed by atoms with Crippen LogP contribution < -0.4 is 14.4 Å². The van der Waals surface area contributed by atoms with Crippen LogP contribution in [0.4, 0.5) is 5.69 Å². The molecule has 0 radical (unpaired) electrons. The van der Waals surface area contributed by atoms with Crippen molar-refractivity contribution in [3.05, 3.63) is 105 Å². The van der Waals surface area contributed by atoms with Gasteiger partial charge in [-0.1, -0.05) is 29.3 Å². The van der Waals surface area contributed by atoms with Crippen molar-refractivity contribution in [3.8, 4) is 34.0 Å². The van der Waals surface area contributed by atoms with Gasteiger partial charge in [0.25, 0.3) is 5.91 Å². The van der Waals surface area contributed by atoms with Crippen LogP contribution in [0.15, 0.2) is 61.1 Å². The van der Waals surface area contributed by atoms with Gasteiger partial charge >= 0.3 is 0 Å². The quantitative estimate of drug-likeness (QED) is 0.136. The van der Waals surface area contributed by atoms with E-state index in [0.717, 1.165) is 83.0 Å². The highest BCUT2D eigenvalue weighted by atomic mass is 35.5. The maximum atomic E-state index is 15.2. The molecule has 0 aliphatic carbocycles. The Labute approximate surface area is 330 Å². The smallest absolute Gasteiger partial charge is 0.275 e. The summed E-state index contributed by atoms with van der Waals surface area (Å²) in [7, 11) is 5.55. The van der Waals surface area contributed by atoms with Crippen LogP contribution in [0.2, 0.25) is 10.0 Å². The summed E-state index contributed by atoms with van der Waals surface area (Å²) in [6.45, 7) is 11.2. The molecule has 0 bridgehead atoms. The molecule has 1 aliphatic rings. The van der Waals surface area contributed by atoms with Crippen molar-refractivity contribution in [2.24, 2.45) is 14.1 Å². The molecule has 8 rings (SSSR count). The van der Waals surface area contributed by atoms with Crippen LogP contribution in [-0.2, 0) is 20.5 Å². The van der Waals surface area contributed by atoms with Gasteiger partial charge < -0.3 is 23.5 Å². The molecule has 1 unspecified atom stereocenters. The van der Waals surface area contributed by atoms with Crippen LogP contribution >= 0.6 is 23.2 Å². The molecule has 55 heavy (non-hydrogen) atoms. The standard InChI is InChI=1S/C43H43Cl2N7O3/c1-23-16-29(17-24(2)39(23)45)55-15-9-10-31-32-12-13-34(44)38(37-26(4)48-50(7)27(37)5)40(32)52-25(3)21-51(43(53)41(31)52)36-22-49(6)35-14-11-28(18-33(35)36)42-46-19-30(54-8)20-47-42/h11-14,16-20,22,25H,9-10,15,21H2,1-8H3. The molecule has 0 N–H and O–H groups in total. The van der Waals surface area contributed by atoms with Gasteiger partial charge in [-0.3, -0.25) is 9.48 Å². The second-order valence-corrected chi connectivity index (χ2v) is 15.4. The molecule has 5 heterocycles. The van der Waals surface area contributed by atoms with Crippen molar-refractivity contribution >= 4 is 56.6 Å². The van der Waals surface area contributed by atoms with E-state index in [4.69, 9.17) is 37.8 Å². The zero-order valence-corrected chi connectivity index (χ0v) is 33.8. The summed E-state index contributed by atoms with van der Waals surface area (Å²) in [5, 5.41) is 8.07. The van der Waals surface area contributed by atoms with Gasteiger partial charge in [0.1, 0.15) is 11.4 Å². The van der Waals surface area contributed by atoms with Gasteiger partial charge in [-0.15, -0.1) is 0 Å². The molecular formula is C43H43Cl2N7O3. The van der Waals surface area contributed by atoms with Crippen molar-refractivity contribution in [3.63, 3.8) is 0 Å². The molecule has 0 saturated heterocycles. The summed E-state index contributed by atoms with van der Waals surface area (Å²) >= 11 is 13.6. The van der Waals surface area contributed by atoms with E-state index < -0.39 is 0 Å². The highest BCUT2D eigenvalue weighted by Gasteiger charge is 2.37. The molecular weight excluding hydrogens is 733 g/mol. The Bertz CT molecular complexity index is 2630. The first-order valence-electron chi connectivity index (χ1n) is 18.4. The summed E-state index contributed by atoms with van der Waals surface area (Å²) in [5.41, 5.74) is 11.0. The number of anilines is 1. The Morgan fingerprint density at radius 1 is 0.909 bits per heavy atom. The number of fused-ring (bicyclic) bond motifs is 4. The van der Waals surface area contributed by atoms with Crippen molar-refractivity contribution in [1.29, 1.82) is 0 Å². The third-order valence-corrected chi connectivity index (χ3v) is 11.9. The Kier molecular flexibility index (Phi) is 9.38. The number of benzene rings is 3. The molecule has 0 spiro atoms. The molecule has 4 aromatic heterocycles. The average Bonchev–Trinajstić information content (AvgIpc) is 3.77. The van der Waals surface area contributed by atoms with E-state index in [2.05, 4.69) is 51.1 Å². The maximum absolute atomic E-state index is 15.2. The van der Waals surface area contributed by atoms with Gasteiger partial charge in [0.15, 0.2) is 11.6 Å². The zero-order valence-electron chi connectivity index (χ0n) is 32.3. The monoisotopic (exact) mass is 775 g/mol. The molecule has 7 aromatic rings. The lowest BCUT2D eigenvalue weighted by Crippen LogP contribution is -2.42. The number of carbonyl (C=O) groups excluding carboxylic acids is 1. The number of ether oxygens (including phenoxy) is 2. The van der Waals surface area contributed by atoms with E-state index >= 15 is 4.79 Å². The van der Waals surface area contributed by atoms with E-state index in [1.54, 1.807) is 19.5 Å². The van der Waals surface area contributed by atoms with Crippen molar-refractivity contribution < 1.29 is 14.3 Å². The van der Waals surface area contributed by atoms with E-state index in [1.807, 2.05) is 74.9 Å².